The summed E-state index contributed by atoms with van der Waals surface area (Å²) in [5.41, 5.74) is 5.31. The van der Waals surface area contributed by atoms with E-state index in [4.69, 9.17) is 10.6 Å². The van der Waals surface area contributed by atoms with Crippen LogP contribution >= 0.6 is 0 Å². The third-order valence-corrected chi connectivity index (χ3v) is 5.09. The number of carbonyl (C=O) groups excluding carboxylic acids is 6. The van der Waals surface area contributed by atoms with Gasteiger partial charge in [-0.25, -0.2) is 4.79 Å². The van der Waals surface area contributed by atoms with E-state index in [0.29, 0.717) is 11.7 Å². The van der Waals surface area contributed by atoms with Gasteiger partial charge in [-0.2, -0.15) is 0 Å². The van der Waals surface area contributed by atoms with Gasteiger partial charge in [0, 0.05) is 38.3 Å². The molecule has 1 aliphatic heterocycles. The average molecular weight is 470 g/mol. The van der Waals surface area contributed by atoms with Crippen LogP contribution in [0.4, 0.5) is 0 Å². The standard InChI is InChI=1S/C21H35N5O7/c1-2-15(21(22)32)6-3-4-11-23-14-24-12-16(27)13-25-17(28)7-5-8-20(31)33-26-18(29)9-10-19(26)30/h15,23-24H,2-14H2,1H3,(H2,22,32)(H,25,28)/t15-/m0/s1. The molecule has 0 radical (unpaired) electrons. The van der Waals surface area contributed by atoms with Gasteiger partial charge in [0.25, 0.3) is 11.8 Å². The van der Waals surface area contributed by atoms with Crippen molar-refractivity contribution in [2.24, 2.45) is 11.7 Å². The summed E-state index contributed by atoms with van der Waals surface area (Å²) in [7, 11) is 0. The average Bonchev–Trinajstić information content (AvgIpc) is 3.08. The van der Waals surface area contributed by atoms with Crippen molar-refractivity contribution >= 4 is 35.4 Å². The quantitative estimate of drug-likeness (QED) is 0.114. The Balaban J connectivity index is 1.99. The predicted octanol–water partition coefficient (Wildman–Crippen LogP) is -0.732. The molecule has 186 valence electrons. The maximum atomic E-state index is 11.8. The molecule has 0 aromatic carbocycles. The SMILES string of the molecule is CC[C@@H](CCCCNCNCC(=O)CNC(=O)CCCC(=O)ON1C(=O)CCC1=O)C(N)=O. The molecule has 0 saturated carbocycles. The van der Waals surface area contributed by atoms with Crippen LogP contribution in [0.25, 0.3) is 0 Å². The molecule has 12 heteroatoms. The lowest BCUT2D eigenvalue weighted by Crippen LogP contribution is -2.38. The first-order chi connectivity index (χ1) is 15.7. The number of nitrogens with zero attached hydrogens (tertiary/aromatic N) is 1. The van der Waals surface area contributed by atoms with E-state index in [9.17, 15) is 28.8 Å². The fraction of sp³-hybridized carbons (Fsp3) is 0.714. The summed E-state index contributed by atoms with van der Waals surface area (Å²) in [5, 5.41) is 9.02. The Morgan fingerprint density at radius 2 is 1.70 bits per heavy atom. The Labute approximate surface area is 193 Å². The number of nitrogens with two attached hydrogens (primary N) is 1. The molecule has 0 aromatic rings. The molecule has 1 atom stereocenters. The highest BCUT2D eigenvalue weighted by Crippen LogP contribution is 2.13. The highest BCUT2D eigenvalue weighted by molar-refractivity contribution is 6.01. The zero-order chi connectivity index (χ0) is 24.6. The van der Waals surface area contributed by atoms with Gasteiger partial charge in [0.05, 0.1) is 13.1 Å². The fourth-order valence-corrected chi connectivity index (χ4v) is 3.11. The van der Waals surface area contributed by atoms with Crippen molar-refractivity contribution in [1.82, 2.24) is 21.0 Å². The second kappa shape index (κ2) is 15.9. The molecule has 1 saturated heterocycles. The minimum absolute atomic E-state index is 0.00784. The topological polar surface area (TPSA) is 177 Å². The third kappa shape index (κ3) is 12.1. The molecule has 1 fully saturated rings. The third-order valence-electron chi connectivity index (χ3n) is 5.09. The zero-order valence-electron chi connectivity index (χ0n) is 19.2. The highest BCUT2D eigenvalue weighted by Gasteiger charge is 2.32. The van der Waals surface area contributed by atoms with E-state index in [1.54, 1.807) is 0 Å². The fourth-order valence-electron chi connectivity index (χ4n) is 3.11. The summed E-state index contributed by atoms with van der Waals surface area (Å²) < 4.78 is 0. The van der Waals surface area contributed by atoms with Gasteiger partial charge in [0.1, 0.15) is 0 Å². The summed E-state index contributed by atoms with van der Waals surface area (Å²) in [6, 6.07) is 0. The summed E-state index contributed by atoms with van der Waals surface area (Å²) in [6.07, 6.45) is 3.39. The largest absolute Gasteiger partial charge is 0.369 e. The van der Waals surface area contributed by atoms with Crippen LogP contribution in [0, 0.1) is 5.92 Å². The molecule has 33 heavy (non-hydrogen) atoms. The van der Waals surface area contributed by atoms with Crippen LogP contribution in [0.5, 0.6) is 0 Å². The minimum atomic E-state index is -0.766. The second-order valence-corrected chi connectivity index (χ2v) is 7.82. The van der Waals surface area contributed by atoms with Gasteiger partial charge < -0.3 is 21.2 Å². The highest BCUT2D eigenvalue weighted by atomic mass is 16.7. The summed E-state index contributed by atoms with van der Waals surface area (Å²) in [4.78, 5) is 73.8. The number of nitrogens with one attached hydrogen (secondary N) is 3. The maximum Gasteiger partial charge on any atom is 0.333 e. The second-order valence-electron chi connectivity index (χ2n) is 7.82. The smallest absolute Gasteiger partial charge is 0.333 e. The number of carbonyl (C=O) groups is 6. The van der Waals surface area contributed by atoms with Crippen molar-refractivity contribution in [2.45, 2.75) is 64.7 Å². The van der Waals surface area contributed by atoms with Crippen LogP contribution in [0.1, 0.15) is 64.7 Å². The molecule has 5 N–H and O–H groups in total. The summed E-state index contributed by atoms with van der Waals surface area (Å²) in [6.45, 7) is 3.10. The van der Waals surface area contributed by atoms with Gasteiger partial charge in [0.15, 0.2) is 5.78 Å². The Hall–Kier alpha value is -2.86. The Morgan fingerprint density at radius 3 is 2.33 bits per heavy atom. The normalized spacial score (nSPS) is 14.3. The van der Waals surface area contributed by atoms with Gasteiger partial charge in [-0.1, -0.05) is 13.3 Å². The number of imide groups is 1. The molecular weight excluding hydrogens is 434 g/mol. The van der Waals surface area contributed by atoms with Crippen molar-refractivity contribution in [3.05, 3.63) is 0 Å². The monoisotopic (exact) mass is 469 g/mol. The number of hydrogen-bond donors (Lipinski definition) is 4. The van der Waals surface area contributed by atoms with Crippen molar-refractivity contribution in [2.75, 3.05) is 26.3 Å². The van der Waals surface area contributed by atoms with Crippen molar-refractivity contribution in [3.8, 4) is 0 Å². The molecule has 0 unspecified atom stereocenters. The van der Waals surface area contributed by atoms with Gasteiger partial charge >= 0.3 is 5.97 Å². The first kappa shape index (κ1) is 28.2. The Morgan fingerprint density at radius 1 is 1.00 bits per heavy atom. The molecular formula is C21H35N5O7. The lowest BCUT2D eigenvalue weighted by molar-refractivity contribution is -0.197. The molecule has 12 nitrogen and oxygen atoms in total. The molecule has 0 spiro atoms. The predicted molar refractivity (Wildman–Crippen MR) is 117 cm³/mol. The molecule has 0 aromatic heterocycles. The van der Waals surface area contributed by atoms with E-state index in [-0.39, 0.29) is 68.7 Å². The van der Waals surface area contributed by atoms with Crippen LogP contribution in [0.2, 0.25) is 0 Å². The maximum absolute atomic E-state index is 11.8. The number of hydroxylamine groups is 2. The van der Waals surface area contributed by atoms with E-state index in [1.165, 1.54) is 0 Å². The lowest BCUT2D eigenvalue weighted by atomic mass is 9.99. The van der Waals surface area contributed by atoms with Crippen molar-refractivity contribution in [3.63, 3.8) is 0 Å². The van der Waals surface area contributed by atoms with E-state index in [2.05, 4.69) is 16.0 Å². The molecule has 4 amide bonds. The van der Waals surface area contributed by atoms with Crippen LogP contribution in [0.15, 0.2) is 0 Å². The van der Waals surface area contributed by atoms with E-state index >= 15 is 0 Å². The first-order valence-electron chi connectivity index (χ1n) is 11.3. The van der Waals surface area contributed by atoms with Crippen LogP contribution in [-0.2, 0) is 33.6 Å². The van der Waals surface area contributed by atoms with Gasteiger partial charge in [-0.15, -0.1) is 5.06 Å². The van der Waals surface area contributed by atoms with Crippen LogP contribution < -0.4 is 21.7 Å². The van der Waals surface area contributed by atoms with E-state index < -0.39 is 17.8 Å². The summed E-state index contributed by atoms with van der Waals surface area (Å²) in [5.74, 6) is -2.79. The Kier molecular flexibility index (Phi) is 13.5. The molecule has 1 aliphatic rings. The molecule has 0 aliphatic carbocycles. The molecule has 0 bridgehead atoms. The van der Waals surface area contributed by atoms with E-state index in [1.807, 2.05) is 6.92 Å². The number of hydrogen-bond acceptors (Lipinski definition) is 9. The number of rotatable bonds is 18. The zero-order valence-corrected chi connectivity index (χ0v) is 19.2. The van der Waals surface area contributed by atoms with Crippen LogP contribution in [0.3, 0.4) is 0 Å². The first-order valence-corrected chi connectivity index (χ1v) is 11.3. The number of ketones is 1. The molecule has 1 heterocycles. The van der Waals surface area contributed by atoms with Crippen molar-refractivity contribution in [1.29, 1.82) is 0 Å². The number of Topliss-reactive ketones (excluding diaryl/α,β-unsaturated/α-hetero) is 1. The van der Waals surface area contributed by atoms with Gasteiger partial charge in [-0.05, 0) is 32.2 Å². The number of amides is 4. The van der Waals surface area contributed by atoms with Crippen molar-refractivity contribution < 1.29 is 33.6 Å². The summed E-state index contributed by atoms with van der Waals surface area (Å²) >= 11 is 0. The molecule has 1 rings (SSSR count). The van der Waals surface area contributed by atoms with Crippen LogP contribution in [-0.4, -0.2) is 66.7 Å². The minimum Gasteiger partial charge on any atom is -0.369 e. The lowest BCUT2D eigenvalue weighted by Gasteiger charge is -2.12. The Bertz CT molecular complexity index is 697. The van der Waals surface area contributed by atoms with Gasteiger partial charge in [-0.3, -0.25) is 29.3 Å². The number of primary amides is 1. The number of unbranched alkanes of at least 4 members (excludes halogenated alkanes) is 1. The van der Waals surface area contributed by atoms with E-state index in [0.717, 1.165) is 32.2 Å². The van der Waals surface area contributed by atoms with Gasteiger partial charge in [0.2, 0.25) is 11.8 Å².